The molecule has 106 valence electrons. The molecule has 6 heteroatoms. The number of aliphatic hydroxyl groups excluding tert-OH is 1. The van der Waals surface area contributed by atoms with Crippen LogP contribution in [0.2, 0.25) is 0 Å². The van der Waals surface area contributed by atoms with E-state index in [0.717, 1.165) is 44.5 Å². The van der Waals surface area contributed by atoms with Crippen molar-refractivity contribution in [3.05, 3.63) is 11.6 Å². The summed E-state index contributed by atoms with van der Waals surface area (Å²) in [5.74, 6) is 0.909. The molecule has 1 saturated heterocycles. The van der Waals surface area contributed by atoms with Gasteiger partial charge >= 0.3 is 0 Å². The molecule has 1 fully saturated rings. The van der Waals surface area contributed by atoms with Gasteiger partial charge in [0.05, 0.1) is 0 Å². The molecule has 1 aromatic heterocycles. The van der Waals surface area contributed by atoms with Crippen LogP contribution in [-0.2, 0) is 6.42 Å². The number of rotatable bonds is 5. The summed E-state index contributed by atoms with van der Waals surface area (Å²) in [6.45, 7) is 2.91. The highest BCUT2D eigenvalue weighted by Crippen LogP contribution is 2.21. The minimum Gasteiger partial charge on any atom is -0.396 e. The summed E-state index contributed by atoms with van der Waals surface area (Å²) in [6, 6.07) is 0.124. The van der Waals surface area contributed by atoms with Gasteiger partial charge in [0.15, 0.2) is 0 Å². The number of piperidine rings is 1. The number of nitrogens with one attached hydrogen (secondary N) is 1. The van der Waals surface area contributed by atoms with Crippen LogP contribution in [0.1, 0.15) is 55.5 Å². The van der Waals surface area contributed by atoms with Crippen LogP contribution in [0.15, 0.2) is 0 Å². The quantitative estimate of drug-likeness (QED) is 0.837. The summed E-state index contributed by atoms with van der Waals surface area (Å²) in [5.41, 5.74) is 0. The van der Waals surface area contributed by atoms with Gasteiger partial charge in [-0.1, -0.05) is 6.92 Å². The Bertz CT molecular complexity index is 417. The molecule has 1 amide bonds. The number of hydrogen-bond acceptors (Lipinski definition) is 4. The predicted octanol–water partition coefficient (Wildman–Crippen LogP) is 1.13. The molecule has 0 spiro atoms. The van der Waals surface area contributed by atoms with Gasteiger partial charge in [-0.3, -0.25) is 9.89 Å². The molecular formula is C13H22N4O2. The number of aryl methyl sites for hydroxylation is 1. The number of carbonyl (C=O) groups is 1. The van der Waals surface area contributed by atoms with Crippen LogP contribution < -0.4 is 0 Å². The fourth-order valence-electron chi connectivity index (χ4n) is 2.59. The van der Waals surface area contributed by atoms with Crippen molar-refractivity contribution < 1.29 is 9.90 Å². The number of aliphatic hydroxyl groups is 1. The molecular weight excluding hydrogens is 244 g/mol. The minimum atomic E-state index is -0.114. The van der Waals surface area contributed by atoms with E-state index in [1.165, 1.54) is 0 Å². The molecule has 0 aromatic carbocycles. The third-order valence-corrected chi connectivity index (χ3v) is 3.56. The SMILES string of the molecule is CCCc1nc(C(=O)N2CCCCC2CCO)n[nH]1. The Balaban J connectivity index is 2.07. The van der Waals surface area contributed by atoms with E-state index in [2.05, 4.69) is 22.1 Å². The highest BCUT2D eigenvalue weighted by Gasteiger charge is 2.29. The predicted molar refractivity (Wildman–Crippen MR) is 70.8 cm³/mol. The van der Waals surface area contributed by atoms with Gasteiger partial charge in [-0.2, -0.15) is 0 Å². The van der Waals surface area contributed by atoms with Gasteiger partial charge in [0.25, 0.3) is 5.91 Å². The number of amides is 1. The van der Waals surface area contributed by atoms with E-state index < -0.39 is 0 Å². The van der Waals surface area contributed by atoms with Crippen molar-refractivity contribution in [1.82, 2.24) is 20.1 Å². The van der Waals surface area contributed by atoms with E-state index in [0.29, 0.717) is 6.42 Å². The molecule has 1 aliphatic heterocycles. The number of aromatic nitrogens is 3. The van der Waals surface area contributed by atoms with Crippen molar-refractivity contribution in [3.8, 4) is 0 Å². The number of hydrogen-bond donors (Lipinski definition) is 2. The first-order chi connectivity index (χ1) is 9.26. The normalized spacial score (nSPS) is 19.7. The van der Waals surface area contributed by atoms with Gasteiger partial charge in [-0.05, 0) is 32.1 Å². The highest BCUT2D eigenvalue weighted by atomic mass is 16.3. The Morgan fingerprint density at radius 2 is 2.37 bits per heavy atom. The van der Waals surface area contributed by atoms with Crippen LogP contribution in [0.25, 0.3) is 0 Å². The van der Waals surface area contributed by atoms with Crippen molar-refractivity contribution in [3.63, 3.8) is 0 Å². The van der Waals surface area contributed by atoms with Gasteiger partial charge in [0, 0.05) is 25.6 Å². The zero-order chi connectivity index (χ0) is 13.7. The topological polar surface area (TPSA) is 82.1 Å². The Morgan fingerprint density at radius 3 is 3.11 bits per heavy atom. The lowest BCUT2D eigenvalue weighted by molar-refractivity contribution is 0.0562. The van der Waals surface area contributed by atoms with Crippen LogP contribution in [0, 0.1) is 0 Å². The van der Waals surface area contributed by atoms with Gasteiger partial charge in [0.2, 0.25) is 5.82 Å². The summed E-state index contributed by atoms with van der Waals surface area (Å²) in [5, 5.41) is 15.9. The standard InChI is InChI=1S/C13H22N4O2/c1-2-5-11-14-12(16-15-11)13(19)17-8-4-3-6-10(17)7-9-18/h10,18H,2-9H2,1H3,(H,14,15,16). The number of H-pyrrole nitrogens is 1. The van der Waals surface area contributed by atoms with Crippen molar-refractivity contribution in [2.75, 3.05) is 13.2 Å². The molecule has 2 heterocycles. The summed E-state index contributed by atoms with van der Waals surface area (Å²) in [7, 11) is 0. The fraction of sp³-hybridized carbons (Fsp3) is 0.769. The molecule has 1 unspecified atom stereocenters. The van der Waals surface area contributed by atoms with E-state index >= 15 is 0 Å². The Hall–Kier alpha value is -1.43. The Morgan fingerprint density at radius 1 is 1.53 bits per heavy atom. The maximum Gasteiger partial charge on any atom is 0.293 e. The maximum absolute atomic E-state index is 12.4. The molecule has 1 aromatic rings. The lowest BCUT2D eigenvalue weighted by Crippen LogP contribution is -2.44. The van der Waals surface area contributed by atoms with E-state index in [1.807, 2.05) is 4.90 Å². The second-order valence-electron chi connectivity index (χ2n) is 5.02. The smallest absolute Gasteiger partial charge is 0.293 e. The maximum atomic E-state index is 12.4. The lowest BCUT2D eigenvalue weighted by atomic mass is 9.99. The molecule has 6 nitrogen and oxygen atoms in total. The van der Waals surface area contributed by atoms with Crippen molar-refractivity contribution in [1.29, 1.82) is 0 Å². The molecule has 0 bridgehead atoms. The summed E-state index contributed by atoms with van der Waals surface area (Å²) >= 11 is 0. The van der Waals surface area contributed by atoms with Gasteiger partial charge in [0.1, 0.15) is 5.82 Å². The van der Waals surface area contributed by atoms with E-state index in [1.54, 1.807) is 0 Å². The van der Waals surface area contributed by atoms with E-state index in [9.17, 15) is 4.79 Å². The molecule has 0 radical (unpaired) electrons. The molecule has 2 N–H and O–H groups in total. The third-order valence-electron chi connectivity index (χ3n) is 3.56. The van der Waals surface area contributed by atoms with E-state index in [-0.39, 0.29) is 24.4 Å². The fourth-order valence-corrected chi connectivity index (χ4v) is 2.59. The monoisotopic (exact) mass is 266 g/mol. The average molecular weight is 266 g/mol. The molecule has 1 aliphatic rings. The first-order valence-electron chi connectivity index (χ1n) is 7.09. The molecule has 0 aliphatic carbocycles. The van der Waals surface area contributed by atoms with Gasteiger partial charge in [-0.25, -0.2) is 4.98 Å². The highest BCUT2D eigenvalue weighted by molar-refractivity contribution is 5.90. The van der Waals surface area contributed by atoms with Crippen molar-refractivity contribution >= 4 is 5.91 Å². The zero-order valence-corrected chi connectivity index (χ0v) is 11.4. The Kier molecular flexibility index (Phi) is 4.90. The first-order valence-corrected chi connectivity index (χ1v) is 7.09. The van der Waals surface area contributed by atoms with Crippen molar-refractivity contribution in [2.45, 2.75) is 51.5 Å². The molecule has 2 rings (SSSR count). The van der Waals surface area contributed by atoms with Crippen LogP contribution in [0.4, 0.5) is 0 Å². The summed E-state index contributed by atoms with van der Waals surface area (Å²) in [6.07, 6.45) is 5.50. The molecule has 1 atom stereocenters. The van der Waals surface area contributed by atoms with Crippen LogP contribution in [0.5, 0.6) is 0 Å². The van der Waals surface area contributed by atoms with Gasteiger partial charge in [-0.15, -0.1) is 5.10 Å². The number of nitrogens with zero attached hydrogens (tertiary/aromatic N) is 3. The summed E-state index contributed by atoms with van der Waals surface area (Å²) in [4.78, 5) is 18.5. The van der Waals surface area contributed by atoms with Crippen LogP contribution in [-0.4, -0.2) is 50.3 Å². The number of carbonyl (C=O) groups excluding carboxylic acids is 1. The van der Waals surface area contributed by atoms with Crippen LogP contribution in [0.3, 0.4) is 0 Å². The molecule has 19 heavy (non-hydrogen) atoms. The van der Waals surface area contributed by atoms with Crippen LogP contribution >= 0.6 is 0 Å². The van der Waals surface area contributed by atoms with Crippen molar-refractivity contribution in [2.24, 2.45) is 0 Å². The average Bonchev–Trinajstić information content (AvgIpc) is 2.88. The lowest BCUT2D eigenvalue weighted by Gasteiger charge is -2.34. The number of aromatic amines is 1. The first kappa shape index (κ1) is 14.0. The minimum absolute atomic E-state index is 0.114. The number of likely N-dealkylation sites (tertiary alicyclic amines) is 1. The zero-order valence-electron chi connectivity index (χ0n) is 11.4. The largest absolute Gasteiger partial charge is 0.396 e. The second kappa shape index (κ2) is 6.65. The summed E-state index contributed by atoms with van der Waals surface area (Å²) < 4.78 is 0. The Labute approximate surface area is 113 Å². The second-order valence-corrected chi connectivity index (χ2v) is 5.02. The van der Waals surface area contributed by atoms with E-state index in [4.69, 9.17) is 5.11 Å². The molecule has 0 saturated carbocycles. The third kappa shape index (κ3) is 3.32. The van der Waals surface area contributed by atoms with Gasteiger partial charge < -0.3 is 10.0 Å².